The molecule has 108 valence electrons. The summed E-state index contributed by atoms with van der Waals surface area (Å²) in [6.07, 6.45) is 2.85. The average Bonchev–Trinajstić information content (AvgIpc) is 2.24. The number of nitrogens with two attached hydrogens (primary N) is 1. The van der Waals surface area contributed by atoms with Gasteiger partial charge in [-0.3, -0.25) is 0 Å². The van der Waals surface area contributed by atoms with Crippen LogP contribution in [0.4, 0.5) is 4.79 Å². The quantitative estimate of drug-likeness (QED) is 0.791. The summed E-state index contributed by atoms with van der Waals surface area (Å²) < 4.78 is 5.19. The van der Waals surface area contributed by atoms with E-state index in [9.17, 15) is 4.79 Å². The standard InChI is InChI=1S/C11H22N2O2.C3H8/c1-9(8-12)6-7-13(5)10(14)15-11(2,3)4;1-3-2/h6H,7-8,12H2,1-5H3;3H2,1-2H3/b9-6+;. The Kier molecular flexibility index (Phi) is 10.7. The number of amides is 1. The van der Waals surface area contributed by atoms with Crippen LogP contribution in [0.2, 0.25) is 0 Å². The Balaban J connectivity index is 0. The molecule has 0 aromatic heterocycles. The number of ether oxygens (including phenoxy) is 1. The van der Waals surface area contributed by atoms with Gasteiger partial charge in [0.15, 0.2) is 0 Å². The van der Waals surface area contributed by atoms with Crippen LogP contribution in [0, 0.1) is 0 Å². The van der Waals surface area contributed by atoms with Gasteiger partial charge in [-0.2, -0.15) is 0 Å². The Bertz CT molecular complexity index is 255. The maximum absolute atomic E-state index is 11.5. The van der Waals surface area contributed by atoms with Gasteiger partial charge in [0.2, 0.25) is 0 Å². The second-order valence-electron chi connectivity index (χ2n) is 5.32. The maximum Gasteiger partial charge on any atom is 0.410 e. The molecular weight excluding hydrogens is 228 g/mol. The highest BCUT2D eigenvalue weighted by atomic mass is 16.6. The first-order chi connectivity index (χ1) is 8.17. The predicted octanol–water partition coefficient (Wildman–Crippen LogP) is 3.17. The molecular formula is C14H30N2O2. The zero-order valence-corrected chi connectivity index (χ0v) is 13.0. The highest BCUT2D eigenvalue weighted by molar-refractivity contribution is 5.67. The van der Waals surface area contributed by atoms with E-state index in [2.05, 4.69) is 13.8 Å². The van der Waals surface area contributed by atoms with E-state index in [0.29, 0.717) is 13.1 Å². The van der Waals surface area contributed by atoms with Crippen molar-refractivity contribution in [3.63, 3.8) is 0 Å². The predicted molar refractivity (Wildman–Crippen MR) is 77.6 cm³/mol. The molecule has 0 radical (unpaired) electrons. The minimum absolute atomic E-state index is 0.316. The summed E-state index contributed by atoms with van der Waals surface area (Å²) in [5, 5.41) is 0. The molecule has 2 N–H and O–H groups in total. The van der Waals surface area contributed by atoms with Crippen molar-refractivity contribution in [2.75, 3.05) is 20.1 Å². The van der Waals surface area contributed by atoms with Crippen molar-refractivity contribution in [2.24, 2.45) is 5.73 Å². The molecule has 1 amide bonds. The number of carbonyl (C=O) groups excluding carboxylic acids is 1. The SMILES string of the molecule is C/C(=C\CN(C)C(=O)OC(C)(C)C)CN.CCC. The number of rotatable bonds is 3. The molecule has 4 nitrogen and oxygen atoms in total. The lowest BCUT2D eigenvalue weighted by atomic mass is 10.2. The van der Waals surface area contributed by atoms with Gasteiger partial charge in [0, 0.05) is 20.1 Å². The largest absolute Gasteiger partial charge is 0.444 e. The lowest BCUT2D eigenvalue weighted by Gasteiger charge is -2.24. The Labute approximate surface area is 112 Å². The second kappa shape index (κ2) is 9.95. The summed E-state index contributed by atoms with van der Waals surface area (Å²) in [5.41, 5.74) is 6.05. The van der Waals surface area contributed by atoms with E-state index >= 15 is 0 Å². The summed E-state index contributed by atoms with van der Waals surface area (Å²) >= 11 is 0. The highest BCUT2D eigenvalue weighted by Gasteiger charge is 2.18. The van der Waals surface area contributed by atoms with Crippen LogP contribution in [0.3, 0.4) is 0 Å². The molecule has 0 spiro atoms. The monoisotopic (exact) mass is 258 g/mol. The first kappa shape index (κ1) is 19.3. The Morgan fingerprint density at radius 1 is 1.33 bits per heavy atom. The van der Waals surface area contributed by atoms with Crippen LogP contribution >= 0.6 is 0 Å². The Morgan fingerprint density at radius 3 is 2.11 bits per heavy atom. The van der Waals surface area contributed by atoms with Crippen molar-refractivity contribution in [2.45, 2.75) is 53.6 Å². The summed E-state index contributed by atoms with van der Waals surface area (Å²) in [6, 6.07) is 0. The van der Waals surface area contributed by atoms with Crippen molar-refractivity contribution in [1.29, 1.82) is 0 Å². The van der Waals surface area contributed by atoms with Gasteiger partial charge in [0.05, 0.1) is 0 Å². The minimum Gasteiger partial charge on any atom is -0.444 e. The van der Waals surface area contributed by atoms with Crippen LogP contribution in [-0.4, -0.2) is 36.7 Å². The highest BCUT2D eigenvalue weighted by Crippen LogP contribution is 2.09. The zero-order chi connectivity index (χ0) is 14.8. The van der Waals surface area contributed by atoms with E-state index in [1.165, 1.54) is 11.3 Å². The van der Waals surface area contributed by atoms with Gasteiger partial charge >= 0.3 is 6.09 Å². The third-order valence-electron chi connectivity index (χ3n) is 1.74. The molecule has 0 aliphatic rings. The molecule has 18 heavy (non-hydrogen) atoms. The summed E-state index contributed by atoms with van der Waals surface area (Å²) in [7, 11) is 1.70. The average molecular weight is 258 g/mol. The van der Waals surface area contributed by atoms with E-state index < -0.39 is 5.60 Å². The summed E-state index contributed by atoms with van der Waals surface area (Å²) in [4.78, 5) is 13.0. The minimum atomic E-state index is -0.446. The first-order valence-electron chi connectivity index (χ1n) is 6.47. The third kappa shape index (κ3) is 13.0. The number of likely N-dealkylation sites (N-methyl/N-ethyl adjacent to an activating group) is 1. The van der Waals surface area contributed by atoms with Crippen LogP contribution in [0.5, 0.6) is 0 Å². The Morgan fingerprint density at radius 2 is 1.78 bits per heavy atom. The van der Waals surface area contributed by atoms with Gasteiger partial charge in [-0.1, -0.05) is 31.9 Å². The van der Waals surface area contributed by atoms with Crippen LogP contribution < -0.4 is 5.73 Å². The third-order valence-corrected chi connectivity index (χ3v) is 1.74. The smallest absolute Gasteiger partial charge is 0.410 e. The van der Waals surface area contributed by atoms with E-state index in [4.69, 9.17) is 10.5 Å². The summed E-state index contributed by atoms with van der Waals surface area (Å²) in [5.74, 6) is 0. The molecule has 0 bridgehead atoms. The van der Waals surface area contributed by atoms with Gasteiger partial charge in [0.1, 0.15) is 5.60 Å². The van der Waals surface area contributed by atoms with Crippen molar-refractivity contribution in [1.82, 2.24) is 4.90 Å². The van der Waals surface area contributed by atoms with E-state index in [1.807, 2.05) is 33.8 Å². The Hall–Kier alpha value is -1.03. The number of nitrogens with zero attached hydrogens (tertiary/aromatic N) is 1. The molecule has 0 aromatic rings. The topological polar surface area (TPSA) is 55.6 Å². The van der Waals surface area contributed by atoms with Crippen molar-refractivity contribution < 1.29 is 9.53 Å². The van der Waals surface area contributed by atoms with Gasteiger partial charge in [-0.05, 0) is 27.7 Å². The molecule has 4 heteroatoms. The molecule has 0 fully saturated rings. The maximum atomic E-state index is 11.5. The van der Waals surface area contributed by atoms with Crippen molar-refractivity contribution in [3.8, 4) is 0 Å². The van der Waals surface area contributed by atoms with Gasteiger partial charge < -0.3 is 15.4 Å². The molecule has 0 saturated heterocycles. The molecule has 0 aromatic carbocycles. The molecule has 0 saturated carbocycles. The number of hydrogen-bond acceptors (Lipinski definition) is 3. The fourth-order valence-corrected chi connectivity index (χ4v) is 0.790. The van der Waals surface area contributed by atoms with Crippen molar-refractivity contribution >= 4 is 6.09 Å². The summed E-state index contributed by atoms with van der Waals surface area (Å²) in [6.45, 7) is 12.8. The second-order valence-corrected chi connectivity index (χ2v) is 5.32. The van der Waals surface area contributed by atoms with Gasteiger partial charge in [-0.25, -0.2) is 4.79 Å². The molecule has 0 atom stereocenters. The van der Waals surface area contributed by atoms with E-state index in [0.717, 1.165) is 5.57 Å². The zero-order valence-electron chi connectivity index (χ0n) is 13.0. The van der Waals surface area contributed by atoms with Gasteiger partial charge in [0.25, 0.3) is 0 Å². The fourth-order valence-electron chi connectivity index (χ4n) is 0.790. The molecule has 0 heterocycles. The number of hydrogen-bond donors (Lipinski definition) is 1. The normalized spacial score (nSPS) is 11.4. The lowest BCUT2D eigenvalue weighted by molar-refractivity contribution is 0.0317. The lowest BCUT2D eigenvalue weighted by Crippen LogP contribution is -2.34. The fraction of sp³-hybridized carbons (Fsp3) is 0.786. The van der Waals surface area contributed by atoms with E-state index in [-0.39, 0.29) is 6.09 Å². The van der Waals surface area contributed by atoms with Crippen LogP contribution in [0.25, 0.3) is 0 Å². The first-order valence-corrected chi connectivity index (χ1v) is 6.47. The van der Waals surface area contributed by atoms with Crippen LogP contribution in [-0.2, 0) is 4.74 Å². The molecule has 0 unspecified atom stereocenters. The van der Waals surface area contributed by atoms with Crippen LogP contribution in [0.1, 0.15) is 48.0 Å². The molecule has 0 aliphatic carbocycles. The number of carbonyl (C=O) groups is 1. The molecule has 0 rings (SSSR count). The van der Waals surface area contributed by atoms with Crippen molar-refractivity contribution in [3.05, 3.63) is 11.6 Å². The van der Waals surface area contributed by atoms with Gasteiger partial charge in [-0.15, -0.1) is 0 Å². The van der Waals surface area contributed by atoms with E-state index in [1.54, 1.807) is 7.05 Å². The van der Waals surface area contributed by atoms with Crippen LogP contribution in [0.15, 0.2) is 11.6 Å². The molecule has 0 aliphatic heterocycles.